The summed E-state index contributed by atoms with van der Waals surface area (Å²) in [5.74, 6) is 2.85. The smallest absolute Gasteiger partial charge is 0.231 e. The van der Waals surface area contributed by atoms with Crippen LogP contribution in [-0.2, 0) is 9.47 Å². The fourth-order valence-electron chi connectivity index (χ4n) is 3.76. The van der Waals surface area contributed by atoms with Crippen LogP contribution in [0.25, 0.3) is 0 Å². The van der Waals surface area contributed by atoms with E-state index in [1.54, 1.807) is 12.5 Å². The van der Waals surface area contributed by atoms with E-state index in [9.17, 15) is 0 Å². The first-order valence-corrected chi connectivity index (χ1v) is 11.5. The molecule has 0 atom stereocenters. The maximum absolute atomic E-state index is 5.89. The second kappa shape index (κ2) is 10.1. The molecule has 2 heterocycles. The third-order valence-corrected chi connectivity index (χ3v) is 6.72. The number of thioether (sulfide) groups is 1. The highest BCUT2D eigenvalue weighted by Crippen LogP contribution is 2.25. The topological polar surface area (TPSA) is 24.9 Å². The van der Waals surface area contributed by atoms with E-state index in [1.165, 1.54) is 16.0 Å². The van der Waals surface area contributed by atoms with Crippen molar-refractivity contribution in [1.82, 2.24) is 9.80 Å². The third kappa shape index (κ3) is 5.71. The van der Waals surface area contributed by atoms with Crippen molar-refractivity contribution in [2.24, 2.45) is 0 Å². The number of rotatable bonds is 7. The Morgan fingerprint density at radius 3 is 2.62 bits per heavy atom. The molecule has 29 heavy (non-hydrogen) atoms. The van der Waals surface area contributed by atoms with Crippen LogP contribution in [0.15, 0.2) is 77.1 Å². The van der Waals surface area contributed by atoms with Gasteiger partial charge in [0.05, 0.1) is 0 Å². The van der Waals surface area contributed by atoms with Crippen LogP contribution in [0, 0.1) is 6.92 Å². The molecular formula is C24H30N2O2S. The number of allylic oxidation sites excluding steroid dienone is 4. The van der Waals surface area contributed by atoms with Crippen molar-refractivity contribution in [3.8, 4) is 0 Å². The van der Waals surface area contributed by atoms with Crippen molar-refractivity contribution in [3.63, 3.8) is 0 Å². The highest BCUT2D eigenvalue weighted by Gasteiger charge is 2.22. The predicted octanol–water partition coefficient (Wildman–Crippen LogP) is 5.06. The summed E-state index contributed by atoms with van der Waals surface area (Å²) < 4.78 is 11.7. The van der Waals surface area contributed by atoms with Gasteiger partial charge in [-0.2, -0.15) is 0 Å². The molecule has 4 nitrogen and oxygen atoms in total. The summed E-state index contributed by atoms with van der Waals surface area (Å²) in [6.45, 7) is 7.38. The van der Waals surface area contributed by atoms with Crippen LogP contribution in [0.5, 0.6) is 0 Å². The lowest BCUT2D eigenvalue weighted by Gasteiger charge is -2.36. The Kier molecular flexibility index (Phi) is 7.01. The standard InChI is InChI=1S/C24H30N2O2S/c1-20-7-5-6-10-23(20)29-16-15-25-11-13-26(14-12-25)24-19-27-22(18-28-24)17-21-8-3-2-4-9-21/h2-3,5-8,10,18-19H,4,9,11-17H2,1H3. The lowest BCUT2D eigenvalue weighted by atomic mass is 10.0. The van der Waals surface area contributed by atoms with Crippen LogP contribution in [0.4, 0.5) is 0 Å². The largest absolute Gasteiger partial charge is 0.460 e. The van der Waals surface area contributed by atoms with E-state index in [4.69, 9.17) is 9.47 Å². The molecule has 1 fully saturated rings. The van der Waals surface area contributed by atoms with Gasteiger partial charge in [-0.1, -0.05) is 42.0 Å². The molecule has 154 valence electrons. The summed E-state index contributed by atoms with van der Waals surface area (Å²) in [6.07, 6.45) is 13.1. The molecule has 0 unspecified atom stereocenters. The van der Waals surface area contributed by atoms with Gasteiger partial charge in [-0.05, 0) is 31.4 Å². The molecule has 0 N–H and O–H groups in total. The zero-order valence-electron chi connectivity index (χ0n) is 17.2. The van der Waals surface area contributed by atoms with E-state index in [2.05, 4.69) is 59.2 Å². The first-order chi connectivity index (χ1) is 14.3. The SMILES string of the molecule is Cc1ccccc1SCCN1CCN(C2=COC(CC3=CC=CCC3)=CO2)CC1. The van der Waals surface area contributed by atoms with E-state index in [-0.39, 0.29) is 0 Å². The molecule has 1 aromatic carbocycles. The molecule has 2 aliphatic heterocycles. The Morgan fingerprint density at radius 2 is 1.90 bits per heavy atom. The van der Waals surface area contributed by atoms with Gasteiger partial charge in [0, 0.05) is 49.8 Å². The fraction of sp³-hybridized carbons (Fsp3) is 0.417. The first kappa shape index (κ1) is 20.2. The van der Waals surface area contributed by atoms with E-state index in [1.807, 2.05) is 11.8 Å². The molecule has 1 aliphatic carbocycles. The van der Waals surface area contributed by atoms with Gasteiger partial charge in [0.1, 0.15) is 12.0 Å². The van der Waals surface area contributed by atoms with E-state index < -0.39 is 0 Å². The highest BCUT2D eigenvalue weighted by atomic mass is 32.2. The zero-order valence-corrected chi connectivity index (χ0v) is 18.0. The van der Waals surface area contributed by atoms with Crippen molar-refractivity contribution in [3.05, 3.63) is 77.8 Å². The van der Waals surface area contributed by atoms with Crippen molar-refractivity contribution < 1.29 is 9.47 Å². The molecule has 0 spiro atoms. The highest BCUT2D eigenvalue weighted by molar-refractivity contribution is 7.99. The van der Waals surface area contributed by atoms with Gasteiger partial charge in [-0.15, -0.1) is 11.8 Å². The minimum atomic E-state index is 0.834. The van der Waals surface area contributed by atoms with Crippen molar-refractivity contribution in [2.45, 2.75) is 31.1 Å². The summed E-state index contributed by atoms with van der Waals surface area (Å²) in [4.78, 5) is 6.21. The maximum Gasteiger partial charge on any atom is 0.231 e. The second-order valence-electron chi connectivity index (χ2n) is 7.69. The number of nitrogens with zero attached hydrogens (tertiary/aromatic N) is 2. The maximum atomic E-state index is 5.89. The summed E-state index contributed by atoms with van der Waals surface area (Å²) in [5.41, 5.74) is 2.77. The monoisotopic (exact) mass is 410 g/mol. The minimum absolute atomic E-state index is 0.834. The van der Waals surface area contributed by atoms with Gasteiger partial charge >= 0.3 is 0 Å². The molecular weight excluding hydrogens is 380 g/mol. The lowest BCUT2D eigenvalue weighted by Crippen LogP contribution is -2.46. The zero-order chi connectivity index (χ0) is 19.9. The number of piperazine rings is 1. The average molecular weight is 411 g/mol. The van der Waals surface area contributed by atoms with Crippen molar-refractivity contribution in [2.75, 3.05) is 38.5 Å². The first-order valence-electron chi connectivity index (χ1n) is 10.5. The molecule has 1 aromatic rings. The summed E-state index contributed by atoms with van der Waals surface area (Å²) in [6, 6.07) is 8.63. The van der Waals surface area contributed by atoms with Crippen LogP contribution in [-0.4, -0.2) is 48.3 Å². The Bertz CT molecular complexity index is 820. The molecule has 0 saturated carbocycles. The van der Waals surface area contributed by atoms with Crippen molar-refractivity contribution >= 4 is 11.8 Å². The van der Waals surface area contributed by atoms with Crippen LogP contribution < -0.4 is 0 Å². The Labute approximate surface area is 178 Å². The Balaban J connectivity index is 1.17. The van der Waals surface area contributed by atoms with Gasteiger partial charge in [0.25, 0.3) is 0 Å². The normalized spacial score (nSPS) is 19.8. The van der Waals surface area contributed by atoms with E-state index >= 15 is 0 Å². The number of hydrogen-bond acceptors (Lipinski definition) is 5. The van der Waals surface area contributed by atoms with E-state index in [0.717, 1.165) is 69.4 Å². The molecule has 0 aromatic heterocycles. The summed E-state index contributed by atoms with van der Waals surface area (Å²) >= 11 is 1.96. The fourth-order valence-corrected chi connectivity index (χ4v) is 4.80. The van der Waals surface area contributed by atoms with E-state index in [0.29, 0.717) is 0 Å². The van der Waals surface area contributed by atoms with Crippen LogP contribution in [0.2, 0.25) is 0 Å². The van der Waals surface area contributed by atoms with Crippen LogP contribution in [0.3, 0.4) is 0 Å². The lowest BCUT2D eigenvalue weighted by molar-refractivity contribution is 0.0853. The Hall–Kier alpha value is -2.11. The number of ether oxygens (including phenoxy) is 2. The van der Waals surface area contributed by atoms with Crippen molar-refractivity contribution in [1.29, 1.82) is 0 Å². The number of benzene rings is 1. The molecule has 3 aliphatic rings. The van der Waals surface area contributed by atoms with Gasteiger partial charge in [-0.25, -0.2) is 0 Å². The molecule has 4 rings (SSSR count). The predicted molar refractivity (Wildman–Crippen MR) is 119 cm³/mol. The summed E-state index contributed by atoms with van der Waals surface area (Å²) in [7, 11) is 0. The summed E-state index contributed by atoms with van der Waals surface area (Å²) in [5, 5.41) is 0. The number of aryl methyl sites for hydroxylation is 1. The molecule has 5 heteroatoms. The average Bonchev–Trinajstić information content (AvgIpc) is 2.77. The second-order valence-corrected chi connectivity index (χ2v) is 8.82. The van der Waals surface area contributed by atoms with Gasteiger partial charge < -0.3 is 14.4 Å². The van der Waals surface area contributed by atoms with Gasteiger partial charge in [0.15, 0.2) is 6.26 Å². The Morgan fingerprint density at radius 1 is 1.03 bits per heavy atom. The molecule has 1 saturated heterocycles. The number of hydrogen-bond donors (Lipinski definition) is 0. The molecule has 0 radical (unpaired) electrons. The third-order valence-electron chi connectivity index (χ3n) is 5.57. The minimum Gasteiger partial charge on any atom is -0.460 e. The van der Waals surface area contributed by atoms with Gasteiger partial charge in [-0.3, -0.25) is 4.90 Å². The van der Waals surface area contributed by atoms with Gasteiger partial charge in [0.2, 0.25) is 5.88 Å². The molecule has 0 bridgehead atoms. The quantitative estimate of drug-likeness (QED) is 0.585. The van der Waals surface area contributed by atoms with Crippen LogP contribution >= 0.6 is 11.8 Å². The van der Waals surface area contributed by atoms with Crippen LogP contribution in [0.1, 0.15) is 24.8 Å². The molecule has 0 amide bonds.